The summed E-state index contributed by atoms with van der Waals surface area (Å²) < 4.78 is 5.14. The minimum absolute atomic E-state index is 0.204. The lowest BCUT2D eigenvalue weighted by molar-refractivity contribution is -0.139. The van der Waals surface area contributed by atoms with Crippen molar-refractivity contribution in [2.24, 2.45) is 0 Å². The molecular formula is C20H23N3O4. The number of benzene rings is 2. The van der Waals surface area contributed by atoms with Gasteiger partial charge in [-0.05, 0) is 67.8 Å². The van der Waals surface area contributed by atoms with Crippen LogP contribution in [-0.2, 0) is 4.79 Å². The molecule has 2 aromatic carbocycles. The summed E-state index contributed by atoms with van der Waals surface area (Å²) >= 11 is 0. The highest BCUT2D eigenvalue weighted by molar-refractivity contribution is 6.04. The summed E-state index contributed by atoms with van der Waals surface area (Å²) in [5, 5.41) is 13.7. The Morgan fingerprint density at radius 3 is 2.44 bits per heavy atom. The predicted molar refractivity (Wildman–Crippen MR) is 103 cm³/mol. The molecule has 2 aromatic rings. The van der Waals surface area contributed by atoms with Crippen LogP contribution in [-0.4, -0.2) is 41.7 Å². The van der Waals surface area contributed by atoms with Crippen molar-refractivity contribution in [2.75, 3.05) is 30.4 Å². The number of ether oxygens (including phenoxy) is 1. The molecule has 0 unspecified atom stereocenters. The Kier molecular flexibility index (Phi) is 5.93. The first-order valence-corrected chi connectivity index (χ1v) is 8.89. The number of anilines is 2. The molecule has 0 aromatic heterocycles. The first-order chi connectivity index (χ1) is 13.0. The van der Waals surface area contributed by atoms with Gasteiger partial charge in [-0.2, -0.15) is 0 Å². The Hall–Kier alpha value is -3.06. The fourth-order valence-electron chi connectivity index (χ4n) is 2.91. The molecule has 1 amide bonds. The van der Waals surface area contributed by atoms with Crippen LogP contribution in [0.25, 0.3) is 0 Å². The highest BCUT2D eigenvalue weighted by Crippen LogP contribution is 2.22. The number of nitrogens with zero attached hydrogens (tertiary/aromatic N) is 1. The van der Waals surface area contributed by atoms with E-state index in [0.29, 0.717) is 17.0 Å². The lowest BCUT2D eigenvalue weighted by Gasteiger charge is -2.17. The van der Waals surface area contributed by atoms with Gasteiger partial charge in [0.05, 0.1) is 0 Å². The first kappa shape index (κ1) is 18.7. The van der Waals surface area contributed by atoms with Gasteiger partial charge in [0, 0.05) is 30.0 Å². The monoisotopic (exact) mass is 369 g/mol. The number of aliphatic carboxylic acids is 1. The van der Waals surface area contributed by atoms with Gasteiger partial charge < -0.3 is 20.6 Å². The number of amides is 1. The largest absolute Gasteiger partial charge is 0.482 e. The van der Waals surface area contributed by atoms with Crippen LogP contribution in [0, 0.1) is 6.92 Å². The number of aryl methyl sites for hydroxylation is 1. The minimum atomic E-state index is -1.03. The molecule has 0 atom stereocenters. The van der Waals surface area contributed by atoms with E-state index in [1.54, 1.807) is 30.3 Å². The van der Waals surface area contributed by atoms with Crippen molar-refractivity contribution >= 4 is 23.3 Å². The summed E-state index contributed by atoms with van der Waals surface area (Å²) in [6.07, 6.45) is 2.40. The van der Waals surface area contributed by atoms with Gasteiger partial charge in [-0.1, -0.05) is 0 Å². The molecule has 7 nitrogen and oxygen atoms in total. The number of rotatable bonds is 7. The van der Waals surface area contributed by atoms with Crippen LogP contribution >= 0.6 is 0 Å². The number of carboxylic acid groups (broad SMARTS) is 1. The number of hydrogen-bond donors (Lipinski definition) is 3. The molecule has 0 saturated carbocycles. The summed E-state index contributed by atoms with van der Waals surface area (Å²) in [6, 6.07) is 12.4. The van der Waals surface area contributed by atoms with Gasteiger partial charge in [-0.3, -0.25) is 4.79 Å². The van der Waals surface area contributed by atoms with Crippen molar-refractivity contribution < 1.29 is 19.4 Å². The SMILES string of the molecule is Cc1cc(OCC(=O)O)ccc1NC(=O)c1ccc(NN2CCCC2)cc1. The van der Waals surface area contributed by atoms with Crippen molar-refractivity contribution in [2.45, 2.75) is 19.8 Å². The standard InChI is InChI=1S/C20H23N3O4/c1-14-12-17(27-13-19(24)25)8-9-18(14)21-20(26)15-4-6-16(7-5-15)22-23-10-2-3-11-23/h4-9,12,22H,2-3,10-11,13H2,1H3,(H,21,26)(H,24,25). The number of hydrazine groups is 1. The van der Waals surface area contributed by atoms with Crippen molar-refractivity contribution in [3.8, 4) is 5.75 Å². The Morgan fingerprint density at radius 1 is 1.11 bits per heavy atom. The highest BCUT2D eigenvalue weighted by atomic mass is 16.5. The van der Waals surface area contributed by atoms with E-state index in [9.17, 15) is 9.59 Å². The third-order valence-electron chi connectivity index (χ3n) is 4.35. The van der Waals surface area contributed by atoms with E-state index < -0.39 is 12.6 Å². The van der Waals surface area contributed by atoms with E-state index in [4.69, 9.17) is 9.84 Å². The zero-order valence-corrected chi connectivity index (χ0v) is 15.2. The number of carboxylic acids is 1. The predicted octanol–water partition coefficient (Wildman–Crippen LogP) is 3.13. The Labute approximate surface area is 157 Å². The number of carbonyl (C=O) groups is 2. The quantitative estimate of drug-likeness (QED) is 0.695. The van der Waals surface area contributed by atoms with Gasteiger partial charge in [0.25, 0.3) is 5.91 Å². The number of hydrogen-bond acceptors (Lipinski definition) is 5. The molecule has 7 heteroatoms. The van der Waals surface area contributed by atoms with Gasteiger partial charge in [0.15, 0.2) is 6.61 Å². The van der Waals surface area contributed by atoms with Crippen LogP contribution in [0.1, 0.15) is 28.8 Å². The third-order valence-corrected chi connectivity index (χ3v) is 4.35. The Balaban J connectivity index is 1.60. The molecule has 3 N–H and O–H groups in total. The van der Waals surface area contributed by atoms with E-state index in [1.807, 2.05) is 19.1 Å². The molecule has 142 valence electrons. The molecule has 1 heterocycles. The van der Waals surface area contributed by atoms with Crippen LogP contribution in [0.3, 0.4) is 0 Å². The maximum Gasteiger partial charge on any atom is 0.341 e. The van der Waals surface area contributed by atoms with E-state index in [1.165, 1.54) is 12.8 Å². The molecule has 3 rings (SSSR count). The van der Waals surface area contributed by atoms with E-state index in [0.717, 1.165) is 24.3 Å². The second kappa shape index (κ2) is 8.55. The zero-order chi connectivity index (χ0) is 19.2. The lowest BCUT2D eigenvalue weighted by Crippen LogP contribution is -2.26. The Bertz CT molecular complexity index is 814. The van der Waals surface area contributed by atoms with E-state index in [2.05, 4.69) is 15.8 Å². The molecule has 0 aliphatic carbocycles. The normalized spacial score (nSPS) is 14.0. The number of carbonyl (C=O) groups excluding carboxylic acids is 1. The van der Waals surface area contributed by atoms with Crippen LogP contribution in [0.4, 0.5) is 11.4 Å². The molecule has 0 radical (unpaired) electrons. The van der Waals surface area contributed by atoms with Crippen LogP contribution in [0.5, 0.6) is 5.75 Å². The summed E-state index contributed by atoms with van der Waals surface area (Å²) in [4.78, 5) is 23.0. The van der Waals surface area contributed by atoms with Gasteiger partial charge in [-0.25, -0.2) is 9.80 Å². The van der Waals surface area contributed by atoms with Crippen molar-refractivity contribution in [1.29, 1.82) is 0 Å². The van der Waals surface area contributed by atoms with Gasteiger partial charge in [0.1, 0.15) is 5.75 Å². The highest BCUT2D eigenvalue weighted by Gasteiger charge is 2.12. The molecule has 1 aliphatic rings. The van der Waals surface area contributed by atoms with Crippen molar-refractivity contribution in [3.05, 3.63) is 53.6 Å². The summed E-state index contributed by atoms with van der Waals surface area (Å²) in [6.45, 7) is 3.50. The van der Waals surface area contributed by atoms with Crippen molar-refractivity contribution in [3.63, 3.8) is 0 Å². The average molecular weight is 369 g/mol. The molecule has 1 saturated heterocycles. The van der Waals surface area contributed by atoms with E-state index in [-0.39, 0.29) is 5.91 Å². The minimum Gasteiger partial charge on any atom is -0.482 e. The fraction of sp³-hybridized carbons (Fsp3) is 0.300. The molecule has 0 bridgehead atoms. The summed E-state index contributed by atoms with van der Waals surface area (Å²) in [5.74, 6) is -0.789. The zero-order valence-electron chi connectivity index (χ0n) is 15.2. The van der Waals surface area contributed by atoms with Crippen molar-refractivity contribution in [1.82, 2.24) is 5.01 Å². The van der Waals surface area contributed by atoms with Gasteiger partial charge in [0.2, 0.25) is 0 Å². The molecule has 1 fully saturated rings. The third kappa shape index (κ3) is 5.21. The lowest BCUT2D eigenvalue weighted by atomic mass is 10.1. The molecule has 0 spiro atoms. The maximum absolute atomic E-state index is 12.5. The smallest absolute Gasteiger partial charge is 0.341 e. The average Bonchev–Trinajstić information content (AvgIpc) is 3.15. The second-order valence-electron chi connectivity index (χ2n) is 6.50. The molecular weight excluding hydrogens is 346 g/mol. The van der Waals surface area contributed by atoms with Gasteiger partial charge >= 0.3 is 5.97 Å². The topological polar surface area (TPSA) is 90.9 Å². The first-order valence-electron chi connectivity index (χ1n) is 8.89. The molecule has 27 heavy (non-hydrogen) atoms. The van der Waals surface area contributed by atoms with Crippen LogP contribution < -0.4 is 15.5 Å². The summed E-state index contributed by atoms with van der Waals surface area (Å²) in [5.41, 5.74) is 6.31. The van der Waals surface area contributed by atoms with Crippen LogP contribution in [0.2, 0.25) is 0 Å². The maximum atomic E-state index is 12.5. The number of nitrogens with one attached hydrogen (secondary N) is 2. The van der Waals surface area contributed by atoms with Gasteiger partial charge in [-0.15, -0.1) is 0 Å². The van der Waals surface area contributed by atoms with Crippen LogP contribution in [0.15, 0.2) is 42.5 Å². The Morgan fingerprint density at radius 2 is 1.81 bits per heavy atom. The second-order valence-corrected chi connectivity index (χ2v) is 6.50. The van der Waals surface area contributed by atoms with E-state index >= 15 is 0 Å². The summed E-state index contributed by atoms with van der Waals surface area (Å²) in [7, 11) is 0. The molecule has 1 aliphatic heterocycles. The fourth-order valence-corrected chi connectivity index (χ4v) is 2.91.